The lowest BCUT2D eigenvalue weighted by Gasteiger charge is -2.36. The molecule has 1 N–H and O–H groups in total. The van der Waals surface area contributed by atoms with Gasteiger partial charge in [0.2, 0.25) is 0 Å². The first-order chi connectivity index (χ1) is 8.99. The van der Waals surface area contributed by atoms with Crippen LogP contribution in [0.4, 0.5) is 4.39 Å². The van der Waals surface area contributed by atoms with Crippen LogP contribution in [-0.2, 0) is 4.79 Å². The maximum absolute atomic E-state index is 12.8. The Morgan fingerprint density at radius 1 is 1.32 bits per heavy atom. The van der Waals surface area contributed by atoms with Crippen LogP contribution in [0.25, 0.3) is 0 Å². The van der Waals surface area contributed by atoms with Gasteiger partial charge in [0.05, 0.1) is 5.92 Å². The molecular weight excluding hydrogens is 249 g/mol. The Kier molecular flexibility index (Phi) is 3.83. The molecule has 2 unspecified atom stereocenters. The average Bonchev–Trinajstić information content (AvgIpc) is 2.38. The van der Waals surface area contributed by atoms with Crippen molar-refractivity contribution < 1.29 is 19.1 Å². The van der Waals surface area contributed by atoms with Gasteiger partial charge in [0, 0.05) is 18.2 Å². The number of halogens is 1. The Hall–Kier alpha value is -1.91. The third-order valence-electron chi connectivity index (χ3n) is 3.58. The van der Waals surface area contributed by atoms with Crippen molar-refractivity contribution in [3.8, 4) is 0 Å². The summed E-state index contributed by atoms with van der Waals surface area (Å²) < 4.78 is 12.8. The number of benzene rings is 1. The number of hydrogen-bond donors (Lipinski definition) is 1. The third kappa shape index (κ3) is 2.92. The number of carboxylic acid groups (broad SMARTS) is 1. The van der Waals surface area contributed by atoms with E-state index in [1.807, 2.05) is 6.92 Å². The lowest BCUT2D eigenvalue weighted by molar-refractivity contribution is -0.143. The van der Waals surface area contributed by atoms with Crippen LogP contribution in [0.15, 0.2) is 24.3 Å². The highest BCUT2D eigenvalue weighted by Crippen LogP contribution is 2.24. The minimum atomic E-state index is -0.805. The molecule has 1 amide bonds. The standard InChI is InChI=1S/C14H16FNO3/c1-9-8-11(14(18)19)6-7-16(9)13(17)10-2-4-12(15)5-3-10/h2-5,9,11H,6-8H2,1H3,(H,18,19). The number of carbonyl (C=O) groups is 2. The molecule has 4 nitrogen and oxygen atoms in total. The highest BCUT2D eigenvalue weighted by atomic mass is 19.1. The molecule has 1 aliphatic rings. The number of hydrogen-bond acceptors (Lipinski definition) is 2. The Bertz CT molecular complexity index is 486. The minimum absolute atomic E-state index is 0.118. The molecule has 0 saturated carbocycles. The van der Waals surface area contributed by atoms with Crippen molar-refractivity contribution in [2.24, 2.45) is 5.92 Å². The van der Waals surface area contributed by atoms with Gasteiger partial charge in [0.15, 0.2) is 0 Å². The highest BCUT2D eigenvalue weighted by molar-refractivity contribution is 5.94. The van der Waals surface area contributed by atoms with E-state index in [1.165, 1.54) is 24.3 Å². The molecule has 0 spiro atoms. The number of aliphatic carboxylic acids is 1. The van der Waals surface area contributed by atoms with Crippen LogP contribution in [0, 0.1) is 11.7 Å². The number of amides is 1. The molecule has 19 heavy (non-hydrogen) atoms. The molecule has 0 bridgehead atoms. The fraction of sp³-hybridized carbons (Fsp3) is 0.429. The molecule has 102 valence electrons. The normalized spacial score (nSPS) is 23.2. The van der Waals surface area contributed by atoms with E-state index in [1.54, 1.807) is 4.90 Å². The molecule has 2 atom stereocenters. The number of carboxylic acids is 1. The van der Waals surface area contributed by atoms with E-state index >= 15 is 0 Å². The Balaban J connectivity index is 2.08. The smallest absolute Gasteiger partial charge is 0.306 e. The number of piperidine rings is 1. The topological polar surface area (TPSA) is 57.6 Å². The SMILES string of the molecule is CC1CC(C(=O)O)CCN1C(=O)c1ccc(F)cc1. The first-order valence-electron chi connectivity index (χ1n) is 6.28. The van der Waals surface area contributed by atoms with E-state index in [-0.39, 0.29) is 23.7 Å². The van der Waals surface area contributed by atoms with Gasteiger partial charge in [-0.05, 0) is 44.0 Å². The highest BCUT2D eigenvalue weighted by Gasteiger charge is 2.32. The summed E-state index contributed by atoms with van der Waals surface area (Å²) in [5, 5.41) is 8.98. The summed E-state index contributed by atoms with van der Waals surface area (Å²) in [6.07, 6.45) is 0.925. The number of carbonyl (C=O) groups excluding carboxylic acids is 1. The van der Waals surface area contributed by atoms with Gasteiger partial charge >= 0.3 is 5.97 Å². The van der Waals surface area contributed by atoms with Crippen LogP contribution < -0.4 is 0 Å². The average molecular weight is 265 g/mol. The van der Waals surface area contributed by atoms with Gasteiger partial charge in [-0.1, -0.05) is 0 Å². The second kappa shape index (κ2) is 5.38. The fourth-order valence-electron chi connectivity index (χ4n) is 2.46. The van der Waals surface area contributed by atoms with Crippen LogP contribution >= 0.6 is 0 Å². The molecule has 0 radical (unpaired) electrons. The van der Waals surface area contributed by atoms with Crippen molar-refractivity contribution in [1.29, 1.82) is 0 Å². The monoisotopic (exact) mass is 265 g/mol. The maximum atomic E-state index is 12.8. The maximum Gasteiger partial charge on any atom is 0.306 e. The van der Waals surface area contributed by atoms with Gasteiger partial charge in [0.1, 0.15) is 5.82 Å². The van der Waals surface area contributed by atoms with Crippen molar-refractivity contribution in [2.45, 2.75) is 25.8 Å². The summed E-state index contributed by atoms with van der Waals surface area (Å²) in [5.74, 6) is -1.74. The van der Waals surface area contributed by atoms with Gasteiger partial charge in [0.25, 0.3) is 5.91 Å². The molecule has 5 heteroatoms. The molecule has 1 heterocycles. The molecule has 2 rings (SSSR count). The number of likely N-dealkylation sites (tertiary alicyclic amines) is 1. The zero-order chi connectivity index (χ0) is 14.0. The second-order valence-electron chi connectivity index (χ2n) is 4.91. The molecule has 1 aromatic rings. The number of nitrogens with zero attached hydrogens (tertiary/aromatic N) is 1. The third-order valence-corrected chi connectivity index (χ3v) is 3.58. The van der Waals surface area contributed by atoms with Crippen molar-refractivity contribution in [1.82, 2.24) is 4.90 Å². The number of rotatable bonds is 2. The summed E-state index contributed by atoms with van der Waals surface area (Å²) in [6.45, 7) is 2.27. The first kappa shape index (κ1) is 13.5. The quantitative estimate of drug-likeness (QED) is 0.891. The van der Waals surface area contributed by atoms with E-state index in [9.17, 15) is 14.0 Å². The molecule has 1 fully saturated rings. The van der Waals surface area contributed by atoms with Crippen molar-refractivity contribution in [2.75, 3.05) is 6.54 Å². The summed E-state index contributed by atoms with van der Waals surface area (Å²) in [7, 11) is 0. The zero-order valence-corrected chi connectivity index (χ0v) is 10.7. The first-order valence-corrected chi connectivity index (χ1v) is 6.28. The summed E-state index contributed by atoms with van der Waals surface area (Å²) in [6, 6.07) is 5.29. The Morgan fingerprint density at radius 3 is 2.47 bits per heavy atom. The summed E-state index contributed by atoms with van der Waals surface area (Å²) >= 11 is 0. The molecule has 0 aliphatic carbocycles. The van der Waals surface area contributed by atoms with Crippen molar-refractivity contribution >= 4 is 11.9 Å². The van der Waals surface area contributed by atoms with E-state index in [0.717, 1.165) is 0 Å². The molecular formula is C14H16FNO3. The van der Waals surface area contributed by atoms with Gasteiger partial charge < -0.3 is 10.0 Å². The van der Waals surface area contributed by atoms with Crippen LogP contribution in [0.2, 0.25) is 0 Å². The zero-order valence-electron chi connectivity index (χ0n) is 10.7. The van der Waals surface area contributed by atoms with Gasteiger partial charge in [-0.2, -0.15) is 0 Å². The fourth-order valence-corrected chi connectivity index (χ4v) is 2.46. The van der Waals surface area contributed by atoms with Gasteiger partial charge in [-0.25, -0.2) is 4.39 Å². The van der Waals surface area contributed by atoms with E-state index in [2.05, 4.69) is 0 Å². The van der Waals surface area contributed by atoms with Crippen LogP contribution in [0.5, 0.6) is 0 Å². The van der Waals surface area contributed by atoms with E-state index < -0.39 is 5.97 Å². The van der Waals surface area contributed by atoms with Gasteiger partial charge in [-0.15, -0.1) is 0 Å². The largest absolute Gasteiger partial charge is 0.481 e. The second-order valence-corrected chi connectivity index (χ2v) is 4.91. The van der Waals surface area contributed by atoms with Gasteiger partial charge in [-0.3, -0.25) is 9.59 Å². The predicted molar refractivity (Wildman–Crippen MR) is 67.3 cm³/mol. The lowest BCUT2D eigenvalue weighted by atomic mass is 9.91. The molecule has 1 aromatic carbocycles. The molecule has 1 saturated heterocycles. The van der Waals surface area contributed by atoms with Crippen LogP contribution in [0.3, 0.4) is 0 Å². The minimum Gasteiger partial charge on any atom is -0.481 e. The van der Waals surface area contributed by atoms with E-state index in [4.69, 9.17) is 5.11 Å². The molecule has 0 aromatic heterocycles. The summed E-state index contributed by atoms with van der Waals surface area (Å²) in [5.41, 5.74) is 0.432. The lowest BCUT2D eigenvalue weighted by Crippen LogP contribution is -2.46. The van der Waals surface area contributed by atoms with Crippen LogP contribution in [-0.4, -0.2) is 34.5 Å². The van der Waals surface area contributed by atoms with Crippen molar-refractivity contribution in [3.05, 3.63) is 35.6 Å². The Morgan fingerprint density at radius 2 is 1.95 bits per heavy atom. The Labute approximate surface area is 110 Å². The summed E-state index contributed by atoms with van der Waals surface area (Å²) in [4.78, 5) is 24.9. The predicted octanol–water partition coefficient (Wildman–Crippen LogP) is 2.15. The molecule has 1 aliphatic heterocycles. The van der Waals surface area contributed by atoms with E-state index in [0.29, 0.717) is 24.9 Å². The van der Waals surface area contributed by atoms with Crippen molar-refractivity contribution in [3.63, 3.8) is 0 Å². The van der Waals surface area contributed by atoms with Crippen LogP contribution in [0.1, 0.15) is 30.1 Å².